The number of nitrogens with zero attached hydrogens (tertiary/aromatic N) is 1. The summed E-state index contributed by atoms with van der Waals surface area (Å²) in [6.45, 7) is 5.34. The minimum absolute atomic E-state index is 0. The number of rotatable bonds is 5. The topological polar surface area (TPSA) is 44.4 Å². The molecule has 0 unspecified atom stereocenters. The van der Waals surface area contributed by atoms with Crippen LogP contribution in [0, 0.1) is 11.6 Å². The van der Waals surface area contributed by atoms with Crippen molar-refractivity contribution in [3.05, 3.63) is 35.4 Å². The maximum absolute atomic E-state index is 13.4. The molecule has 0 aromatic heterocycles. The van der Waals surface area contributed by atoms with E-state index in [-0.39, 0.29) is 18.0 Å². The van der Waals surface area contributed by atoms with Gasteiger partial charge in [0, 0.05) is 32.7 Å². The average Bonchev–Trinajstić information content (AvgIpc) is 2.47. The van der Waals surface area contributed by atoms with Gasteiger partial charge in [0.15, 0.2) is 11.6 Å². The highest BCUT2D eigenvalue weighted by molar-refractivity contribution is 5.94. The van der Waals surface area contributed by atoms with Gasteiger partial charge in [0.25, 0.3) is 5.91 Å². The summed E-state index contributed by atoms with van der Waals surface area (Å²) >= 11 is 0. The molecule has 0 spiro atoms. The van der Waals surface area contributed by atoms with E-state index in [9.17, 15) is 13.6 Å². The van der Waals surface area contributed by atoms with Gasteiger partial charge in [-0.1, -0.05) is 6.07 Å². The third-order valence-corrected chi connectivity index (χ3v) is 3.34. The van der Waals surface area contributed by atoms with E-state index in [4.69, 9.17) is 0 Å². The van der Waals surface area contributed by atoms with Crippen molar-refractivity contribution in [2.75, 3.05) is 39.3 Å². The Morgan fingerprint density at radius 1 is 1.29 bits per heavy atom. The summed E-state index contributed by atoms with van der Waals surface area (Å²) in [5.74, 6) is -2.66. The molecular formula is C14H20ClF2N3O. The Balaban J connectivity index is 0.00000220. The molecule has 1 aromatic rings. The lowest BCUT2D eigenvalue weighted by Gasteiger charge is -2.27. The van der Waals surface area contributed by atoms with Crippen molar-refractivity contribution in [1.29, 1.82) is 0 Å². The van der Waals surface area contributed by atoms with E-state index in [0.29, 0.717) is 6.54 Å². The van der Waals surface area contributed by atoms with E-state index in [1.165, 1.54) is 12.1 Å². The van der Waals surface area contributed by atoms with Gasteiger partial charge in [0.2, 0.25) is 0 Å². The zero-order chi connectivity index (χ0) is 14.4. The molecule has 0 aliphatic carbocycles. The maximum atomic E-state index is 13.4. The van der Waals surface area contributed by atoms with Crippen LogP contribution in [0.15, 0.2) is 18.2 Å². The standard InChI is InChI=1S/C14H19F2N3O.ClH/c15-12-4-1-3-11(13(12)16)14(20)18-5-2-8-19-9-6-17-7-10-19;/h1,3-4,17H,2,5-10H2,(H,18,20);1H. The van der Waals surface area contributed by atoms with Crippen LogP contribution < -0.4 is 10.6 Å². The highest BCUT2D eigenvalue weighted by atomic mass is 35.5. The number of piperazine rings is 1. The molecule has 1 aliphatic heterocycles. The fourth-order valence-corrected chi connectivity index (χ4v) is 2.21. The number of carbonyl (C=O) groups excluding carboxylic acids is 1. The molecule has 1 saturated heterocycles. The predicted molar refractivity (Wildman–Crippen MR) is 79.9 cm³/mol. The molecule has 0 atom stereocenters. The Morgan fingerprint density at radius 2 is 2.00 bits per heavy atom. The molecule has 1 aliphatic rings. The smallest absolute Gasteiger partial charge is 0.254 e. The van der Waals surface area contributed by atoms with Gasteiger partial charge in [0.1, 0.15) is 0 Å². The van der Waals surface area contributed by atoms with Crippen molar-refractivity contribution >= 4 is 18.3 Å². The lowest BCUT2D eigenvalue weighted by molar-refractivity contribution is 0.0946. The second kappa shape index (κ2) is 8.92. The summed E-state index contributed by atoms with van der Waals surface area (Å²) in [5, 5.41) is 5.89. The van der Waals surface area contributed by atoms with Crippen LogP contribution in [0.3, 0.4) is 0 Å². The summed E-state index contributed by atoms with van der Waals surface area (Å²) in [6.07, 6.45) is 0.794. The van der Waals surface area contributed by atoms with Crippen LogP contribution in [-0.4, -0.2) is 50.1 Å². The molecule has 0 radical (unpaired) electrons. The first-order valence-corrected chi connectivity index (χ1v) is 6.84. The molecule has 1 fully saturated rings. The zero-order valence-electron chi connectivity index (χ0n) is 11.7. The quantitative estimate of drug-likeness (QED) is 0.807. The first-order chi connectivity index (χ1) is 9.68. The van der Waals surface area contributed by atoms with E-state index in [1.54, 1.807) is 0 Å². The normalized spacial score (nSPS) is 15.3. The van der Waals surface area contributed by atoms with Crippen LogP contribution >= 0.6 is 12.4 Å². The highest BCUT2D eigenvalue weighted by Gasteiger charge is 2.14. The molecule has 4 nitrogen and oxygen atoms in total. The number of benzene rings is 1. The van der Waals surface area contributed by atoms with Gasteiger partial charge in [-0.05, 0) is 25.1 Å². The van der Waals surface area contributed by atoms with E-state index in [0.717, 1.165) is 45.2 Å². The number of halogens is 3. The summed E-state index contributed by atoms with van der Waals surface area (Å²) in [7, 11) is 0. The Bertz CT molecular complexity index is 468. The fourth-order valence-electron chi connectivity index (χ4n) is 2.21. The summed E-state index contributed by atoms with van der Waals surface area (Å²) in [5.41, 5.74) is -0.243. The molecule has 2 rings (SSSR count). The maximum Gasteiger partial charge on any atom is 0.254 e. The summed E-state index contributed by atoms with van der Waals surface area (Å²) < 4.78 is 26.4. The Kier molecular flexibility index (Phi) is 7.56. The Hall–Kier alpha value is -1.24. The molecule has 1 amide bonds. The molecule has 0 bridgehead atoms. The largest absolute Gasteiger partial charge is 0.352 e. The van der Waals surface area contributed by atoms with Gasteiger partial charge < -0.3 is 15.5 Å². The number of hydrogen-bond donors (Lipinski definition) is 2. The van der Waals surface area contributed by atoms with Crippen molar-refractivity contribution in [2.45, 2.75) is 6.42 Å². The van der Waals surface area contributed by atoms with E-state index in [1.807, 2.05) is 0 Å². The third kappa shape index (κ3) is 5.22. The molecule has 2 N–H and O–H groups in total. The van der Waals surface area contributed by atoms with Crippen LogP contribution in [-0.2, 0) is 0 Å². The molecule has 1 heterocycles. The lowest BCUT2D eigenvalue weighted by atomic mass is 10.2. The minimum atomic E-state index is -1.09. The van der Waals surface area contributed by atoms with E-state index < -0.39 is 17.5 Å². The monoisotopic (exact) mass is 319 g/mol. The van der Waals surface area contributed by atoms with E-state index in [2.05, 4.69) is 15.5 Å². The number of amides is 1. The average molecular weight is 320 g/mol. The van der Waals surface area contributed by atoms with Crippen LogP contribution in [0.4, 0.5) is 8.78 Å². The van der Waals surface area contributed by atoms with Gasteiger partial charge in [-0.2, -0.15) is 0 Å². The highest BCUT2D eigenvalue weighted by Crippen LogP contribution is 2.10. The van der Waals surface area contributed by atoms with Crippen molar-refractivity contribution in [2.24, 2.45) is 0 Å². The molecule has 118 valence electrons. The minimum Gasteiger partial charge on any atom is -0.352 e. The third-order valence-electron chi connectivity index (χ3n) is 3.34. The van der Waals surface area contributed by atoms with E-state index >= 15 is 0 Å². The molecule has 7 heteroatoms. The second-order valence-electron chi connectivity index (χ2n) is 4.80. The second-order valence-corrected chi connectivity index (χ2v) is 4.80. The first kappa shape index (κ1) is 17.8. The van der Waals surface area contributed by atoms with Gasteiger partial charge in [0.05, 0.1) is 5.56 Å². The Labute approximate surface area is 129 Å². The van der Waals surface area contributed by atoms with Gasteiger partial charge in [-0.25, -0.2) is 8.78 Å². The van der Waals surface area contributed by atoms with Gasteiger partial charge >= 0.3 is 0 Å². The Morgan fingerprint density at radius 3 is 2.71 bits per heavy atom. The van der Waals surface area contributed by atoms with Gasteiger partial charge in [-0.15, -0.1) is 12.4 Å². The van der Waals surface area contributed by atoms with Crippen molar-refractivity contribution in [1.82, 2.24) is 15.5 Å². The first-order valence-electron chi connectivity index (χ1n) is 6.84. The molecule has 0 saturated carbocycles. The van der Waals surface area contributed by atoms with Crippen molar-refractivity contribution in [3.63, 3.8) is 0 Å². The SMILES string of the molecule is Cl.O=C(NCCCN1CCNCC1)c1cccc(F)c1F. The van der Waals surface area contributed by atoms with Crippen LogP contribution in [0.1, 0.15) is 16.8 Å². The lowest BCUT2D eigenvalue weighted by Crippen LogP contribution is -2.44. The summed E-state index contributed by atoms with van der Waals surface area (Å²) in [6, 6.07) is 3.61. The molecular weight excluding hydrogens is 300 g/mol. The van der Waals surface area contributed by atoms with Crippen molar-refractivity contribution in [3.8, 4) is 0 Å². The predicted octanol–water partition coefficient (Wildman–Crippen LogP) is 1.41. The van der Waals surface area contributed by atoms with Gasteiger partial charge in [-0.3, -0.25) is 4.79 Å². The molecule has 21 heavy (non-hydrogen) atoms. The van der Waals surface area contributed by atoms with Crippen molar-refractivity contribution < 1.29 is 13.6 Å². The summed E-state index contributed by atoms with van der Waals surface area (Å²) in [4.78, 5) is 14.0. The van der Waals surface area contributed by atoms with Crippen LogP contribution in [0.25, 0.3) is 0 Å². The zero-order valence-corrected chi connectivity index (χ0v) is 12.5. The molecule has 1 aromatic carbocycles. The number of hydrogen-bond acceptors (Lipinski definition) is 3. The van der Waals surface area contributed by atoms with Crippen LogP contribution in [0.5, 0.6) is 0 Å². The van der Waals surface area contributed by atoms with Crippen LogP contribution in [0.2, 0.25) is 0 Å². The number of carbonyl (C=O) groups is 1. The fraction of sp³-hybridized carbons (Fsp3) is 0.500. The number of nitrogens with one attached hydrogen (secondary N) is 2.